The van der Waals surface area contributed by atoms with Gasteiger partial charge in [-0.2, -0.15) is 0 Å². The second kappa shape index (κ2) is 28.4. The molecule has 0 amide bonds. The molecule has 0 radical (unpaired) electrons. The van der Waals surface area contributed by atoms with Gasteiger partial charge in [-0.1, -0.05) is 108 Å². The van der Waals surface area contributed by atoms with Crippen molar-refractivity contribution in [2.24, 2.45) is 23.7 Å². The van der Waals surface area contributed by atoms with Crippen LogP contribution in [-0.2, 0) is 28.5 Å². The minimum atomic E-state index is -1.87. The highest BCUT2D eigenvalue weighted by atomic mass is 31.2. The van der Waals surface area contributed by atoms with Crippen LogP contribution in [0, 0.1) is 23.7 Å². The largest absolute Gasteiger partial charge is 0.459 e. The second-order valence-electron chi connectivity index (χ2n) is 24.8. The Balaban J connectivity index is 1.22. The van der Waals surface area contributed by atoms with Crippen molar-refractivity contribution in [1.82, 2.24) is 9.80 Å². The van der Waals surface area contributed by atoms with Crippen LogP contribution in [-0.4, -0.2) is 166 Å². The van der Waals surface area contributed by atoms with Crippen LogP contribution in [0.25, 0.3) is 0 Å². The third-order valence-electron chi connectivity index (χ3n) is 18.4. The van der Waals surface area contributed by atoms with E-state index in [1.54, 1.807) is 34.8 Å². The van der Waals surface area contributed by atoms with Crippen molar-refractivity contribution in [2.45, 2.75) is 224 Å². The zero-order valence-electron chi connectivity index (χ0n) is 49.7. The van der Waals surface area contributed by atoms with Gasteiger partial charge in [0, 0.05) is 38.1 Å². The maximum Gasteiger partial charge on any atom is 0.309 e. The summed E-state index contributed by atoms with van der Waals surface area (Å²) in [5.74, 6) is -2.98. The number of aliphatic hydroxyl groups excluding tert-OH is 3. The molecule has 14 heteroatoms. The molecule has 0 aliphatic carbocycles. The van der Waals surface area contributed by atoms with E-state index >= 15 is 0 Å². The number of methoxy groups -OCH3 is 1. The van der Waals surface area contributed by atoms with Crippen LogP contribution in [0.15, 0.2) is 91.0 Å². The maximum atomic E-state index is 14.8. The number of carbonyl (C=O) groups is 1. The van der Waals surface area contributed by atoms with E-state index in [4.69, 9.17) is 23.7 Å². The van der Waals surface area contributed by atoms with Gasteiger partial charge in [0.15, 0.2) is 6.29 Å². The number of hydrogen-bond acceptors (Lipinski definition) is 13. The first-order valence-electron chi connectivity index (χ1n) is 29.6. The molecule has 3 heterocycles. The fourth-order valence-electron chi connectivity index (χ4n) is 13.9. The molecule has 0 saturated carbocycles. The maximum absolute atomic E-state index is 14.8. The SMILES string of the molecule is CC[C@H]1OC(=O)[C@H](C)C([C@H]2C[C@@](C)(OC)[C@@H](O)[C@H](C)O2)[C@H](C)[C@@H](O[C@@H]2O[C@H](C)C[C@H](N(C)C)[C@H]2O)[C@](C)(O)C[C@@H](C)CN(CCCCCCCCC[P+](c2ccccc2)(c2ccccc2)c2ccccc2)[C@H](C)[C@@H](O)[C@]1(C)O. The zero-order chi connectivity index (χ0) is 57.2. The van der Waals surface area contributed by atoms with Gasteiger partial charge in [0.25, 0.3) is 0 Å². The van der Waals surface area contributed by atoms with Crippen molar-refractivity contribution in [3.8, 4) is 0 Å². The van der Waals surface area contributed by atoms with E-state index in [2.05, 4.69) is 103 Å². The van der Waals surface area contributed by atoms with E-state index in [0.717, 1.165) is 51.1 Å². The number of unbranched alkanes of at least 4 members (excludes halogenated alkanes) is 6. The van der Waals surface area contributed by atoms with Gasteiger partial charge in [0.2, 0.25) is 0 Å². The van der Waals surface area contributed by atoms with Crippen LogP contribution >= 0.6 is 7.26 Å². The second-order valence-corrected chi connectivity index (χ2v) is 28.4. The molecule has 5 N–H and O–H groups in total. The molecule has 3 saturated heterocycles. The fraction of sp³-hybridized carbons (Fsp3) is 0.703. The molecule has 3 aromatic carbocycles. The predicted octanol–water partition coefficient (Wildman–Crippen LogP) is 8.27. The van der Waals surface area contributed by atoms with E-state index in [9.17, 15) is 30.3 Å². The Hall–Kier alpha value is -2.88. The first-order chi connectivity index (χ1) is 36.9. The number of cyclic esters (lactones) is 1. The summed E-state index contributed by atoms with van der Waals surface area (Å²) >= 11 is 0. The van der Waals surface area contributed by atoms with Crippen molar-refractivity contribution in [1.29, 1.82) is 0 Å². The molecule has 13 nitrogen and oxygen atoms in total. The lowest BCUT2D eigenvalue weighted by atomic mass is 9.68. The van der Waals surface area contributed by atoms with E-state index < -0.39 is 103 Å². The summed E-state index contributed by atoms with van der Waals surface area (Å²) in [5.41, 5.74) is -4.42. The first kappa shape index (κ1) is 64.3. The molecule has 3 aromatic rings. The molecular formula is C64H102N2O11P+. The third-order valence-corrected chi connectivity index (χ3v) is 22.9. The monoisotopic (exact) mass is 1110 g/mol. The van der Waals surface area contributed by atoms with Crippen LogP contribution in [0.4, 0.5) is 0 Å². The van der Waals surface area contributed by atoms with Gasteiger partial charge >= 0.3 is 5.97 Å². The lowest BCUT2D eigenvalue weighted by Crippen LogP contribution is -2.61. The molecule has 78 heavy (non-hydrogen) atoms. The molecule has 0 aromatic heterocycles. The minimum absolute atomic E-state index is 0.153. The summed E-state index contributed by atoms with van der Waals surface area (Å²) in [5, 5.41) is 65.3. The average molecular weight is 1110 g/mol. The molecule has 6 rings (SSSR count). The Labute approximate surface area is 470 Å². The van der Waals surface area contributed by atoms with Crippen LogP contribution in [0.3, 0.4) is 0 Å². The number of nitrogens with zero attached hydrogens (tertiary/aromatic N) is 2. The summed E-state index contributed by atoms with van der Waals surface area (Å²) in [6.45, 7) is 19.6. The van der Waals surface area contributed by atoms with Gasteiger partial charge in [0.05, 0.1) is 47.7 Å². The van der Waals surface area contributed by atoms with Gasteiger partial charge in [-0.3, -0.25) is 9.69 Å². The van der Waals surface area contributed by atoms with Crippen LogP contribution in [0.2, 0.25) is 0 Å². The van der Waals surface area contributed by atoms with Crippen LogP contribution in [0.5, 0.6) is 0 Å². The van der Waals surface area contributed by atoms with E-state index in [1.807, 2.05) is 53.6 Å². The lowest BCUT2D eigenvalue weighted by Gasteiger charge is -2.51. The number of esters is 1. The van der Waals surface area contributed by atoms with E-state index in [-0.39, 0.29) is 37.3 Å². The van der Waals surface area contributed by atoms with Gasteiger partial charge in [-0.15, -0.1) is 0 Å². The predicted molar refractivity (Wildman–Crippen MR) is 314 cm³/mol. The van der Waals surface area contributed by atoms with Crippen molar-refractivity contribution in [2.75, 3.05) is 40.5 Å². The molecular weight excluding hydrogens is 1000 g/mol. The minimum Gasteiger partial charge on any atom is -0.459 e. The molecule has 3 fully saturated rings. The molecule has 3 aliphatic heterocycles. The molecule has 3 aliphatic rings. The topological polar surface area (TPSA) is 171 Å². The smallest absolute Gasteiger partial charge is 0.309 e. The van der Waals surface area contributed by atoms with Crippen molar-refractivity contribution >= 4 is 29.1 Å². The van der Waals surface area contributed by atoms with Gasteiger partial charge in [0.1, 0.15) is 53.2 Å². The molecule has 18 atom stereocenters. The fourth-order valence-corrected chi connectivity index (χ4v) is 18.3. The summed E-state index contributed by atoms with van der Waals surface area (Å²) in [6, 6.07) is 32.4. The zero-order valence-corrected chi connectivity index (χ0v) is 50.6. The standard InChI is InChI=1S/C64H102N2O11P/c1-14-54-64(10,72)57(68)47(6)66(37-29-18-16-15-17-19-30-38-78(49-31-23-20-24-32-49,50-33-25-21-26-34-50)51-35-27-22-28-36-51)42-43(2)40-62(8,71)59(77-61-56(67)52(65(11)12)39-44(3)74-61)45(4)55(46(5)60(70)76-54)53-41-63(9,73-13)58(69)48(7)75-53/h20-28,31-36,43-48,52-59,61,67-69,71-72H,14-19,29-30,37-42H2,1-13H3/q+1/t43-,44-,45+,46-,47-,48+,52+,53-,54-,55?,56-,57-,58+,59-,61+,62-,63-,64-/m1/s1. The summed E-state index contributed by atoms with van der Waals surface area (Å²) < 4.78 is 32.4. The number of rotatable bonds is 19. The highest BCUT2D eigenvalue weighted by molar-refractivity contribution is 7.95. The van der Waals surface area contributed by atoms with Crippen molar-refractivity contribution in [3.05, 3.63) is 91.0 Å². The summed E-state index contributed by atoms with van der Waals surface area (Å²) in [6.07, 6.45) is 1.80. The molecule has 438 valence electrons. The number of carbonyl (C=O) groups excluding carboxylic acids is 1. The Kier molecular flexibility index (Phi) is 23.4. The van der Waals surface area contributed by atoms with Crippen LogP contribution in [0.1, 0.15) is 140 Å². The quantitative estimate of drug-likeness (QED) is 0.0442. The number of hydrogen-bond donors (Lipinski definition) is 5. The van der Waals surface area contributed by atoms with Crippen molar-refractivity contribution in [3.63, 3.8) is 0 Å². The number of likely N-dealkylation sites (N-methyl/N-ethyl adjacent to an activating group) is 1. The van der Waals surface area contributed by atoms with Crippen LogP contribution < -0.4 is 15.9 Å². The van der Waals surface area contributed by atoms with Gasteiger partial charge < -0.3 is 54.1 Å². The molecule has 0 bridgehead atoms. The Morgan fingerprint density at radius 1 is 0.731 bits per heavy atom. The highest BCUT2D eigenvalue weighted by Crippen LogP contribution is 2.56. The van der Waals surface area contributed by atoms with Crippen molar-refractivity contribution < 1.29 is 54.0 Å². The molecule has 0 spiro atoms. The summed E-state index contributed by atoms with van der Waals surface area (Å²) in [7, 11) is 3.52. The Morgan fingerprint density at radius 2 is 1.26 bits per heavy atom. The lowest BCUT2D eigenvalue weighted by molar-refractivity contribution is -0.302. The third kappa shape index (κ3) is 15.0. The Morgan fingerprint density at radius 3 is 1.77 bits per heavy atom. The summed E-state index contributed by atoms with van der Waals surface area (Å²) in [4.78, 5) is 19.0. The van der Waals surface area contributed by atoms with Gasteiger partial charge in [-0.05, 0) is 149 Å². The number of benzene rings is 3. The number of aliphatic hydroxyl groups is 5. The van der Waals surface area contributed by atoms with E-state index in [0.29, 0.717) is 19.5 Å². The first-order valence-corrected chi connectivity index (χ1v) is 31.6. The van der Waals surface area contributed by atoms with E-state index in [1.165, 1.54) is 15.9 Å². The molecule has 1 unspecified atom stereocenters. The highest BCUT2D eigenvalue weighted by Gasteiger charge is 2.55. The average Bonchev–Trinajstić information content (AvgIpc) is 3.54. The number of ether oxygens (including phenoxy) is 5. The Bertz CT molecular complexity index is 2150. The normalized spacial score (nSPS) is 37.1. The van der Waals surface area contributed by atoms with Gasteiger partial charge in [-0.25, -0.2) is 0 Å².